The monoisotopic (exact) mass is 271 g/mol. The van der Waals surface area contributed by atoms with Crippen molar-refractivity contribution in [1.82, 2.24) is 4.98 Å². The summed E-state index contributed by atoms with van der Waals surface area (Å²) >= 11 is 3.41. The summed E-state index contributed by atoms with van der Waals surface area (Å²) in [7, 11) is 0. The maximum Gasteiger partial charge on any atom is 0.217 e. The van der Waals surface area contributed by atoms with Gasteiger partial charge in [-0.05, 0) is 40.9 Å². The number of aromatic nitrogens is 1. The Bertz CT molecular complexity index is 355. The Hall–Kier alpha value is -1.10. The van der Waals surface area contributed by atoms with E-state index in [1.807, 2.05) is 13.0 Å². The van der Waals surface area contributed by atoms with Gasteiger partial charge in [0.25, 0.3) is 0 Å². The molecule has 0 spiro atoms. The van der Waals surface area contributed by atoms with Crippen LogP contribution in [0.2, 0.25) is 0 Å². The van der Waals surface area contributed by atoms with E-state index in [0.29, 0.717) is 13.0 Å². The number of nitrogens with zero attached hydrogens (tertiary/aromatic N) is 1. The highest BCUT2D eigenvalue weighted by molar-refractivity contribution is 9.10. The van der Waals surface area contributed by atoms with Crippen LogP contribution in [0, 0.1) is 6.92 Å². The van der Waals surface area contributed by atoms with Gasteiger partial charge in [-0.2, -0.15) is 0 Å². The second-order valence-corrected chi connectivity index (χ2v) is 4.19. The van der Waals surface area contributed by atoms with Gasteiger partial charge in [-0.3, -0.25) is 4.79 Å². The molecule has 1 aromatic rings. The number of aryl methyl sites for hydroxylation is 1. The fraction of sp³-hybridized carbons (Fsp3) is 0.400. The number of primary amides is 1. The van der Waals surface area contributed by atoms with Crippen LogP contribution in [-0.4, -0.2) is 17.4 Å². The molecule has 0 saturated carbocycles. The second kappa shape index (κ2) is 5.70. The number of pyridine rings is 1. The molecule has 1 heterocycles. The lowest BCUT2D eigenvalue weighted by atomic mass is 10.3. The number of rotatable bonds is 5. The maximum atomic E-state index is 10.5. The highest BCUT2D eigenvalue weighted by atomic mass is 79.9. The second-order valence-electron chi connectivity index (χ2n) is 3.34. The van der Waals surface area contributed by atoms with E-state index in [0.717, 1.165) is 22.3 Å². The van der Waals surface area contributed by atoms with Gasteiger partial charge in [0.05, 0.1) is 4.47 Å². The number of nitrogens with two attached hydrogens (primary N) is 1. The van der Waals surface area contributed by atoms with Crippen LogP contribution in [0.1, 0.15) is 18.4 Å². The van der Waals surface area contributed by atoms with E-state index in [-0.39, 0.29) is 5.91 Å². The molecule has 4 nitrogen and oxygen atoms in total. The van der Waals surface area contributed by atoms with E-state index in [2.05, 4.69) is 26.2 Å². The summed E-state index contributed by atoms with van der Waals surface area (Å²) in [6.07, 6.45) is 2.91. The molecule has 1 aromatic heterocycles. The number of carbonyl (C=O) groups excluding carboxylic acids is 1. The summed E-state index contributed by atoms with van der Waals surface area (Å²) in [4.78, 5) is 14.7. The minimum absolute atomic E-state index is 0.271. The first-order valence-corrected chi connectivity index (χ1v) is 5.53. The molecule has 3 N–H and O–H groups in total. The van der Waals surface area contributed by atoms with Crippen molar-refractivity contribution >= 4 is 27.7 Å². The molecular weight excluding hydrogens is 258 g/mol. The van der Waals surface area contributed by atoms with Crippen LogP contribution in [0.5, 0.6) is 0 Å². The zero-order chi connectivity index (χ0) is 11.3. The van der Waals surface area contributed by atoms with Crippen molar-refractivity contribution in [2.75, 3.05) is 11.9 Å². The highest BCUT2D eigenvalue weighted by Gasteiger charge is 2.01. The van der Waals surface area contributed by atoms with Crippen molar-refractivity contribution in [3.8, 4) is 0 Å². The fourth-order valence-corrected chi connectivity index (χ4v) is 1.74. The highest BCUT2D eigenvalue weighted by Crippen LogP contribution is 2.20. The van der Waals surface area contributed by atoms with Crippen molar-refractivity contribution in [3.63, 3.8) is 0 Å². The van der Waals surface area contributed by atoms with Gasteiger partial charge in [0.2, 0.25) is 5.91 Å². The lowest BCUT2D eigenvalue weighted by Gasteiger charge is -2.07. The minimum atomic E-state index is -0.271. The number of nitrogens with one attached hydrogen (secondary N) is 1. The summed E-state index contributed by atoms with van der Waals surface area (Å²) < 4.78 is 0.932. The first kappa shape index (κ1) is 12.0. The van der Waals surface area contributed by atoms with E-state index in [4.69, 9.17) is 5.73 Å². The number of hydrogen-bond acceptors (Lipinski definition) is 3. The van der Waals surface area contributed by atoms with Crippen LogP contribution in [0.15, 0.2) is 16.7 Å². The van der Waals surface area contributed by atoms with Crippen molar-refractivity contribution in [1.29, 1.82) is 0 Å². The summed E-state index contributed by atoms with van der Waals surface area (Å²) in [5.74, 6) is 0.526. The van der Waals surface area contributed by atoms with Gasteiger partial charge in [0.15, 0.2) is 0 Å². The molecule has 0 aliphatic heterocycles. The lowest BCUT2D eigenvalue weighted by Crippen LogP contribution is -2.13. The summed E-state index contributed by atoms with van der Waals surface area (Å²) in [5.41, 5.74) is 6.13. The molecule has 0 radical (unpaired) electrons. The van der Waals surface area contributed by atoms with Gasteiger partial charge >= 0.3 is 0 Å². The average molecular weight is 272 g/mol. The Morgan fingerprint density at radius 2 is 2.40 bits per heavy atom. The van der Waals surface area contributed by atoms with Crippen molar-refractivity contribution in [2.45, 2.75) is 19.8 Å². The van der Waals surface area contributed by atoms with Gasteiger partial charge < -0.3 is 11.1 Å². The first-order valence-electron chi connectivity index (χ1n) is 4.74. The van der Waals surface area contributed by atoms with Gasteiger partial charge in [-0.1, -0.05) is 0 Å². The van der Waals surface area contributed by atoms with Gasteiger partial charge in [-0.15, -0.1) is 0 Å². The largest absolute Gasteiger partial charge is 0.370 e. The lowest BCUT2D eigenvalue weighted by molar-refractivity contribution is -0.118. The average Bonchev–Trinajstić information content (AvgIpc) is 2.14. The molecule has 1 rings (SSSR count). The van der Waals surface area contributed by atoms with Gasteiger partial charge in [0, 0.05) is 19.2 Å². The molecule has 1 amide bonds. The minimum Gasteiger partial charge on any atom is -0.370 e. The molecule has 0 fully saturated rings. The molecule has 0 atom stereocenters. The molecular formula is C10H14BrN3O. The number of amides is 1. The number of carbonyl (C=O) groups is 1. The Balaban J connectivity index is 2.40. The fourth-order valence-electron chi connectivity index (χ4n) is 1.13. The Morgan fingerprint density at radius 3 is 3.00 bits per heavy atom. The van der Waals surface area contributed by atoms with E-state index in [1.54, 1.807) is 6.20 Å². The number of halogens is 1. The molecule has 0 aliphatic rings. The Kier molecular flexibility index (Phi) is 4.55. The van der Waals surface area contributed by atoms with Gasteiger partial charge in [-0.25, -0.2) is 4.98 Å². The topological polar surface area (TPSA) is 68.0 Å². The summed E-state index contributed by atoms with van der Waals surface area (Å²) in [6, 6.07) is 1.99. The van der Waals surface area contributed by atoms with Crippen molar-refractivity contribution in [2.24, 2.45) is 5.73 Å². The van der Waals surface area contributed by atoms with E-state index in [1.165, 1.54) is 0 Å². The molecule has 0 saturated heterocycles. The molecule has 15 heavy (non-hydrogen) atoms. The molecule has 0 aromatic carbocycles. The quantitative estimate of drug-likeness (QED) is 0.803. The molecule has 0 unspecified atom stereocenters. The molecule has 0 bridgehead atoms. The summed E-state index contributed by atoms with van der Waals surface area (Å²) in [5, 5.41) is 3.13. The molecule has 5 heteroatoms. The normalized spacial score (nSPS) is 10.0. The standard InChI is InChI=1S/C10H14BrN3O/c1-7-5-8(11)10(14-6-7)13-4-2-3-9(12)15/h5-6H,2-4H2,1H3,(H2,12,15)(H,13,14). The Labute approximate surface area is 97.4 Å². The third kappa shape index (κ3) is 4.29. The molecule has 0 aliphatic carbocycles. The predicted molar refractivity (Wildman–Crippen MR) is 63.6 cm³/mol. The smallest absolute Gasteiger partial charge is 0.217 e. The maximum absolute atomic E-state index is 10.5. The number of hydrogen-bond donors (Lipinski definition) is 2. The number of anilines is 1. The van der Waals surface area contributed by atoms with Gasteiger partial charge in [0.1, 0.15) is 5.82 Å². The molecule has 82 valence electrons. The van der Waals surface area contributed by atoms with E-state index in [9.17, 15) is 4.79 Å². The van der Waals surface area contributed by atoms with Crippen LogP contribution in [0.4, 0.5) is 5.82 Å². The zero-order valence-corrected chi connectivity index (χ0v) is 10.2. The van der Waals surface area contributed by atoms with Crippen LogP contribution in [0.3, 0.4) is 0 Å². The van der Waals surface area contributed by atoms with Crippen LogP contribution >= 0.6 is 15.9 Å². The SMILES string of the molecule is Cc1cnc(NCCCC(N)=O)c(Br)c1. The predicted octanol–water partition coefficient (Wildman–Crippen LogP) is 1.83. The third-order valence-electron chi connectivity index (χ3n) is 1.87. The third-order valence-corrected chi connectivity index (χ3v) is 2.47. The van der Waals surface area contributed by atoms with Crippen molar-refractivity contribution < 1.29 is 4.79 Å². The van der Waals surface area contributed by atoms with E-state index >= 15 is 0 Å². The van der Waals surface area contributed by atoms with Crippen LogP contribution < -0.4 is 11.1 Å². The first-order chi connectivity index (χ1) is 7.09. The zero-order valence-electron chi connectivity index (χ0n) is 8.59. The summed E-state index contributed by atoms with van der Waals surface area (Å²) in [6.45, 7) is 2.67. The van der Waals surface area contributed by atoms with Crippen molar-refractivity contribution in [3.05, 3.63) is 22.3 Å². The van der Waals surface area contributed by atoms with E-state index < -0.39 is 0 Å². The van der Waals surface area contributed by atoms with Crippen LogP contribution in [0.25, 0.3) is 0 Å². The van der Waals surface area contributed by atoms with Crippen LogP contribution in [-0.2, 0) is 4.79 Å². The Morgan fingerprint density at radius 1 is 1.67 bits per heavy atom.